The van der Waals surface area contributed by atoms with E-state index in [4.69, 9.17) is 5.11 Å². The van der Waals surface area contributed by atoms with Crippen molar-refractivity contribution in [2.75, 3.05) is 18.0 Å². The topological polar surface area (TPSA) is 53.4 Å². The van der Waals surface area contributed by atoms with Crippen LogP contribution in [0.25, 0.3) is 11.3 Å². The lowest BCUT2D eigenvalue weighted by Gasteiger charge is -2.12. The lowest BCUT2D eigenvalue weighted by Crippen LogP contribution is -2.17. The standard InChI is InChI=1S/C14H14N2O2S/c17-13(18)11-5-3-10(4-6-11)12-9-19-14(15-12)16-7-1-2-8-16/h3-6,9H,1-2,7-8H2,(H,17,18). The first-order valence-corrected chi connectivity index (χ1v) is 7.16. The molecule has 1 saturated heterocycles. The van der Waals surface area contributed by atoms with Crippen molar-refractivity contribution >= 4 is 22.4 Å². The lowest BCUT2D eigenvalue weighted by atomic mass is 10.1. The number of carboxylic acid groups (broad SMARTS) is 1. The number of nitrogens with zero attached hydrogens (tertiary/aromatic N) is 2. The molecule has 0 unspecified atom stereocenters. The van der Waals surface area contributed by atoms with E-state index in [1.165, 1.54) is 12.8 Å². The average molecular weight is 274 g/mol. The molecule has 4 nitrogen and oxygen atoms in total. The number of benzene rings is 1. The van der Waals surface area contributed by atoms with E-state index in [1.807, 2.05) is 17.5 Å². The summed E-state index contributed by atoms with van der Waals surface area (Å²) in [5, 5.41) is 12.0. The van der Waals surface area contributed by atoms with Gasteiger partial charge < -0.3 is 10.0 Å². The maximum atomic E-state index is 10.8. The van der Waals surface area contributed by atoms with Crippen molar-refractivity contribution in [1.82, 2.24) is 4.98 Å². The molecule has 1 aliphatic heterocycles. The molecule has 1 aromatic carbocycles. The second kappa shape index (κ2) is 5.01. The van der Waals surface area contributed by atoms with Gasteiger partial charge in [-0.2, -0.15) is 0 Å². The van der Waals surface area contributed by atoms with Crippen LogP contribution in [0, 0.1) is 0 Å². The third-order valence-electron chi connectivity index (χ3n) is 3.30. The van der Waals surface area contributed by atoms with Crippen molar-refractivity contribution in [3.8, 4) is 11.3 Å². The summed E-state index contributed by atoms with van der Waals surface area (Å²) in [7, 11) is 0. The Bertz CT molecular complexity index is 586. The van der Waals surface area contributed by atoms with Crippen LogP contribution in [-0.4, -0.2) is 29.1 Å². The Hall–Kier alpha value is -1.88. The number of aromatic carboxylic acids is 1. The fraction of sp³-hybridized carbons (Fsp3) is 0.286. The molecule has 0 bridgehead atoms. The molecule has 2 aromatic rings. The maximum Gasteiger partial charge on any atom is 0.335 e. The first-order chi connectivity index (χ1) is 9.24. The molecule has 3 rings (SSSR count). The van der Waals surface area contributed by atoms with Gasteiger partial charge in [0, 0.05) is 24.0 Å². The van der Waals surface area contributed by atoms with Gasteiger partial charge in [-0.1, -0.05) is 12.1 Å². The zero-order valence-corrected chi connectivity index (χ0v) is 11.2. The second-order valence-electron chi connectivity index (χ2n) is 4.59. The minimum absolute atomic E-state index is 0.304. The van der Waals surface area contributed by atoms with Crippen LogP contribution in [-0.2, 0) is 0 Å². The highest BCUT2D eigenvalue weighted by Gasteiger charge is 2.16. The molecule has 0 spiro atoms. The molecule has 2 heterocycles. The Morgan fingerprint density at radius 1 is 1.21 bits per heavy atom. The lowest BCUT2D eigenvalue weighted by molar-refractivity contribution is 0.0697. The molecule has 19 heavy (non-hydrogen) atoms. The minimum atomic E-state index is -0.900. The van der Waals surface area contributed by atoms with Gasteiger partial charge in [-0.15, -0.1) is 11.3 Å². The molecule has 1 fully saturated rings. The van der Waals surface area contributed by atoms with E-state index in [-0.39, 0.29) is 0 Å². The molecule has 0 radical (unpaired) electrons. The highest BCUT2D eigenvalue weighted by atomic mass is 32.1. The maximum absolute atomic E-state index is 10.8. The Labute approximate surface area is 115 Å². The van der Waals surface area contributed by atoms with Gasteiger partial charge in [0.1, 0.15) is 0 Å². The van der Waals surface area contributed by atoms with Crippen LogP contribution in [0.5, 0.6) is 0 Å². The van der Waals surface area contributed by atoms with Gasteiger partial charge in [-0.25, -0.2) is 9.78 Å². The number of aromatic nitrogens is 1. The highest BCUT2D eigenvalue weighted by molar-refractivity contribution is 7.14. The molecule has 1 aliphatic rings. The molecular formula is C14H14N2O2S. The van der Waals surface area contributed by atoms with Crippen molar-refractivity contribution in [3.05, 3.63) is 35.2 Å². The summed E-state index contributed by atoms with van der Waals surface area (Å²) in [4.78, 5) is 17.7. The fourth-order valence-corrected chi connectivity index (χ4v) is 3.12. The van der Waals surface area contributed by atoms with Gasteiger partial charge in [0.05, 0.1) is 11.3 Å². The summed E-state index contributed by atoms with van der Waals surface area (Å²) in [5.41, 5.74) is 2.19. The zero-order valence-electron chi connectivity index (χ0n) is 10.4. The third kappa shape index (κ3) is 2.46. The number of hydrogen-bond acceptors (Lipinski definition) is 4. The predicted octanol–water partition coefficient (Wildman–Crippen LogP) is 3.11. The fourth-order valence-electron chi connectivity index (χ4n) is 2.23. The van der Waals surface area contributed by atoms with Crippen molar-refractivity contribution in [2.45, 2.75) is 12.8 Å². The van der Waals surface area contributed by atoms with E-state index in [0.717, 1.165) is 29.5 Å². The summed E-state index contributed by atoms with van der Waals surface area (Å²) in [5.74, 6) is -0.900. The molecular weight excluding hydrogens is 260 g/mol. The molecule has 98 valence electrons. The van der Waals surface area contributed by atoms with Gasteiger partial charge in [0.15, 0.2) is 5.13 Å². The van der Waals surface area contributed by atoms with E-state index in [0.29, 0.717) is 5.56 Å². The molecule has 0 aliphatic carbocycles. The molecule has 0 saturated carbocycles. The van der Waals surface area contributed by atoms with Crippen LogP contribution in [0.4, 0.5) is 5.13 Å². The van der Waals surface area contributed by atoms with E-state index in [2.05, 4.69) is 9.88 Å². The molecule has 5 heteroatoms. The molecule has 1 aromatic heterocycles. The Morgan fingerprint density at radius 2 is 1.89 bits per heavy atom. The van der Waals surface area contributed by atoms with Crippen LogP contribution in [0.15, 0.2) is 29.6 Å². The van der Waals surface area contributed by atoms with Crippen molar-refractivity contribution < 1.29 is 9.90 Å². The number of thiazole rings is 1. The number of rotatable bonds is 3. The van der Waals surface area contributed by atoms with E-state index in [1.54, 1.807) is 23.5 Å². The van der Waals surface area contributed by atoms with Crippen molar-refractivity contribution in [2.24, 2.45) is 0 Å². The van der Waals surface area contributed by atoms with Gasteiger partial charge in [-0.3, -0.25) is 0 Å². The van der Waals surface area contributed by atoms with Crippen LogP contribution in [0.1, 0.15) is 23.2 Å². The second-order valence-corrected chi connectivity index (χ2v) is 5.43. The highest BCUT2D eigenvalue weighted by Crippen LogP contribution is 2.29. The summed E-state index contributed by atoms with van der Waals surface area (Å²) in [6.45, 7) is 2.18. The normalized spacial score (nSPS) is 14.8. The van der Waals surface area contributed by atoms with Crippen LogP contribution >= 0.6 is 11.3 Å². The van der Waals surface area contributed by atoms with Crippen molar-refractivity contribution in [1.29, 1.82) is 0 Å². The zero-order chi connectivity index (χ0) is 13.2. The smallest absolute Gasteiger partial charge is 0.335 e. The predicted molar refractivity (Wildman–Crippen MR) is 76.0 cm³/mol. The molecule has 0 amide bonds. The first kappa shape index (κ1) is 12.2. The summed E-state index contributed by atoms with van der Waals surface area (Å²) in [6.07, 6.45) is 2.48. The monoisotopic (exact) mass is 274 g/mol. The Balaban J connectivity index is 1.83. The number of carboxylic acids is 1. The summed E-state index contributed by atoms with van der Waals surface area (Å²) in [6, 6.07) is 6.86. The van der Waals surface area contributed by atoms with Gasteiger partial charge in [-0.05, 0) is 25.0 Å². The van der Waals surface area contributed by atoms with Gasteiger partial charge >= 0.3 is 5.97 Å². The average Bonchev–Trinajstić information content (AvgIpc) is 3.10. The van der Waals surface area contributed by atoms with E-state index in [9.17, 15) is 4.79 Å². The minimum Gasteiger partial charge on any atom is -0.478 e. The van der Waals surface area contributed by atoms with E-state index < -0.39 is 5.97 Å². The van der Waals surface area contributed by atoms with Crippen LogP contribution in [0.2, 0.25) is 0 Å². The largest absolute Gasteiger partial charge is 0.478 e. The van der Waals surface area contributed by atoms with E-state index >= 15 is 0 Å². The number of carbonyl (C=O) groups is 1. The van der Waals surface area contributed by atoms with Crippen LogP contribution in [0.3, 0.4) is 0 Å². The number of hydrogen-bond donors (Lipinski definition) is 1. The third-order valence-corrected chi connectivity index (χ3v) is 4.20. The van der Waals surface area contributed by atoms with Gasteiger partial charge in [0.2, 0.25) is 0 Å². The van der Waals surface area contributed by atoms with Crippen LogP contribution < -0.4 is 4.90 Å². The summed E-state index contributed by atoms with van der Waals surface area (Å²) >= 11 is 1.65. The quantitative estimate of drug-likeness (QED) is 0.934. The summed E-state index contributed by atoms with van der Waals surface area (Å²) < 4.78 is 0. The molecule has 0 atom stereocenters. The SMILES string of the molecule is O=C(O)c1ccc(-c2csc(N3CCCC3)n2)cc1. The Kier molecular flexibility index (Phi) is 3.21. The first-order valence-electron chi connectivity index (χ1n) is 6.28. The number of anilines is 1. The van der Waals surface area contributed by atoms with Crippen molar-refractivity contribution in [3.63, 3.8) is 0 Å². The van der Waals surface area contributed by atoms with Gasteiger partial charge in [0.25, 0.3) is 0 Å². The Morgan fingerprint density at radius 3 is 2.53 bits per heavy atom. The molecule has 1 N–H and O–H groups in total.